The minimum atomic E-state index is -0.903. The number of hydrogen-bond acceptors (Lipinski definition) is 3. The second kappa shape index (κ2) is 7.62. The van der Waals surface area contributed by atoms with E-state index < -0.39 is 28.1 Å². The summed E-state index contributed by atoms with van der Waals surface area (Å²) in [5.74, 6) is -0.536. The van der Waals surface area contributed by atoms with Crippen molar-refractivity contribution in [2.45, 2.75) is 30.9 Å². The average Bonchev–Trinajstić information content (AvgIpc) is 2.16. The molecule has 0 spiro atoms. The van der Waals surface area contributed by atoms with E-state index in [1.165, 1.54) is 6.92 Å². The number of carbonyl (C=O) groups is 2. The van der Waals surface area contributed by atoms with E-state index in [1.807, 2.05) is 6.92 Å². The van der Waals surface area contributed by atoms with Crippen molar-refractivity contribution in [3.63, 3.8) is 0 Å². The van der Waals surface area contributed by atoms with Gasteiger partial charge in [-0.1, -0.05) is 6.92 Å². The molecule has 0 saturated heterocycles. The van der Waals surface area contributed by atoms with Crippen LogP contribution in [0.15, 0.2) is 0 Å². The van der Waals surface area contributed by atoms with Gasteiger partial charge in [-0.2, -0.15) is 0 Å². The SMILES string of the molecule is CC(Cl)C(=O)NC(=O)NCCC(C)S(C)=O. The summed E-state index contributed by atoms with van der Waals surface area (Å²) in [6.07, 6.45) is 2.21. The number of carbonyl (C=O) groups excluding carboxylic acids is 2. The highest BCUT2D eigenvalue weighted by Gasteiger charge is 2.13. The van der Waals surface area contributed by atoms with Gasteiger partial charge in [0.25, 0.3) is 0 Å². The third kappa shape index (κ3) is 6.79. The molecule has 0 aromatic carbocycles. The van der Waals surface area contributed by atoms with Crippen molar-refractivity contribution in [2.75, 3.05) is 12.8 Å². The molecule has 0 aliphatic rings. The normalized spacial score (nSPS) is 16.0. The maximum atomic E-state index is 11.1. The highest BCUT2D eigenvalue weighted by Crippen LogP contribution is 1.97. The molecule has 2 N–H and O–H groups in total. The van der Waals surface area contributed by atoms with E-state index in [0.29, 0.717) is 13.0 Å². The number of urea groups is 1. The molecule has 16 heavy (non-hydrogen) atoms. The summed E-state index contributed by atoms with van der Waals surface area (Å²) in [6, 6.07) is -0.577. The van der Waals surface area contributed by atoms with Crippen molar-refractivity contribution in [2.24, 2.45) is 0 Å². The Morgan fingerprint density at radius 1 is 1.38 bits per heavy atom. The third-order valence-electron chi connectivity index (χ3n) is 2.00. The maximum absolute atomic E-state index is 11.1. The summed E-state index contributed by atoms with van der Waals surface area (Å²) in [7, 11) is -0.903. The fraction of sp³-hybridized carbons (Fsp3) is 0.778. The Balaban J connectivity index is 3.75. The maximum Gasteiger partial charge on any atom is 0.321 e. The molecule has 0 aromatic heterocycles. The molecule has 0 rings (SSSR count). The number of imide groups is 1. The standard InChI is InChI=1S/C9H17ClN2O3S/c1-6(16(3)15)4-5-11-9(14)12-8(13)7(2)10/h6-7H,4-5H2,1-3H3,(H2,11,12,13,14). The van der Waals surface area contributed by atoms with Gasteiger partial charge < -0.3 is 5.32 Å². The molecule has 0 saturated carbocycles. The lowest BCUT2D eigenvalue weighted by Crippen LogP contribution is -2.43. The van der Waals surface area contributed by atoms with Gasteiger partial charge >= 0.3 is 6.03 Å². The Kier molecular flexibility index (Phi) is 7.33. The second-order valence-corrected chi connectivity index (χ2v) is 5.92. The van der Waals surface area contributed by atoms with E-state index >= 15 is 0 Å². The van der Waals surface area contributed by atoms with E-state index in [9.17, 15) is 13.8 Å². The number of hydrogen-bond donors (Lipinski definition) is 2. The zero-order valence-corrected chi connectivity index (χ0v) is 11.2. The van der Waals surface area contributed by atoms with Crippen LogP contribution in [0.2, 0.25) is 0 Å². The van der Waals surface area contributed by atoms with Crippen LogP contribution in [-0.4, -0.2) is 39.6 Å². The van der Waals surface area contributed by atoms with Crippen LogP contribution in [0.5, 0.6) is 0 Å². The smallest absolute Gasteiger partial charge is 0.321 e. The van der Waals surface area contributed by atoms with Gasteiger partial charge in [-0.15, -0.1) is 11.6 Å². The largest absolute Gasteiger partial charge is 0.338 e. The Morgan fingerprint density at radius 3 is 2.38 bits per heavy atom. The Bertz CT molecular complexity index is 284. The minimum Gasteiger partial charge on any atom is -0.338 e. The van der Waals surface area contributed by atoms with Crippen molar-refractivity contribution >= 4 is 34.3 Å². The molecule has 94 valence electrons. The van der Waals surface area contributed by atoms with Crippen LogP contribution in [0.4, 0.5) is 4.79 Å². The number of amides is 3. The number of rotatable bonds is 5. The molecular weight excluding hydrogens is 252 g/mol. The number of halogens is 1. The van der Waals surface area contributed by atoms with Crippen LogP contribution in [0.3, 0.4) is 0 Å². The Morgan fingerprint density at radius 2 is 1.94 bits per heavy atom. The first kappa shape index (κ1) is 15.4. The van der Waals surface area contributed by atoms with Crippen molar-refractivity contribution in [1.29, 1.82) is 0 Å². The molecule has 0 bridgehead atoms. The number of alkyl halides is 1. The van der Waals surface area contributed by atoms with Crippen LogP contribution >= 0.6 is 11.6 Å². The van der Waals surface area contributed by atoms with Gasteiger partial charge in [0.15, 0.2) is 0 Å². The van der Waals surface area contributed by atoms with E-state index in [-0.39, 0.29) is 5.25 Å². The van der Waals surface area contributed by atoms with Crippen LogP contribution in [0, 0.1) is 0 Å². The molecule has 0 heterocycles. The molecule has 3 unspecified atom stereocenters. The molecule has 0 fully saturated rings. The molecule has 3 atom stereocenters. The summed E-state index contributed by atoms with van der Waals surface area (Å²) in [6.45, 7) is 3.69. The Labute approximate surface area is 103 Å². The predicted molar refractivity (Wildman–Crippen MR) is 65.0 cm³/mol. The van der Waals surface area contributed by atoms with Gasteiger partial charge in [0.1, 0.15) is 5.38 Å². The molecule has 0 radical (unpaired) electrons. The molecule has 0 aliphatic carbocycles. The Hall–Kier alpha value is -0.620. The van der Waals surface area contributed by atoms with Crippen molar-refractivity contribution < 1.29 is 13.8 Å². The van der Waals surface area contributed by atoms with E-state index in [0.717, 1.165) is 0 Å². The summed E-state index contributed by atoms with van der Waals surface area (Å²) >= 11 is 5.47. The molecular formula is C9H17ClN2O3S. The fourth-order valence-corrected chi connectivity index (χ4v) is 1.31. The van der Waals surface area contributed by atoms with Gasteiger partial charge in [-0.05, 0) is 13.3 Å². The predicted octanol–water partition coefficient (Wildman–Crippen LogP) is 0.597. The first-order valence-electron chi connectivity index (χ1n) is 4.89. The number of nitrogens with one attached hydrogen (secondary N) is 2. The average molecular weight is 269 g/mol. The van der Waals surface area contributed by atoms with Crippen LogP contribution in [-0.2, 0) is 15.6 Å². The monoisotopic (exact) mass is 268 g/mol. The lowest BCUT2D eigenvalue weighted by atomic mass is 10.3. The molecule has 5 nitrogen and oxygen atoms in total. The van der Waals surface area contributed by atoms with Gasteiger partial charge in [-0.25, -0.2) is 4.79 Å². The first-order chi connectivity index (χ1) is 7.34. The van der Waals surface area contributed by atoms with Gasteiger partial charge in [0.05, 0.1) is 0 Å². The lowest BCUT2D eigenvalue weighted by molar-refractivity contribution is -0.119. The van der Waals surface area contributed by atoms with Crippen LogP contribution < -0.4 is 10.6 Å². The van der Waals surface area contributed by atoms with Gasteiger partial charge in [-0.3, -0.25) is 14.3 Å². The van der Waals surface area contributed by atoms with Crippen molar-refractivity contribution in [3.05, 3.63) is 0 Å². The van der Waals surface area contributed by atoms with Gasteiger partial charge in [0.2, 0.25) is 5.91 Å². The molecule has 7 heteroatoms. The zero-order valence-electron chi connectivity index (χ0n) is 9.58. The molecule has 0 aromatic rings. The summed E-state index contributed by atoms with van der Waals surface area (Å²) in [5, 5.41) is 3.85. The van der Waals surface area contributed by atoms with Crippen molar-refractivity contribution in [1.82, 2.24) is 10.6 Å². The zero-order chi connectivity index (χ0) is 12.7. The quantitative estimate of drug-likeness (QED) is 0.717. The molecule has 3 amide bonds. The topological polar surface area (TPSA) is 75.3 Å². The fourth-order valence-electron chi connectivity index (χ4n) is 0.810. The lowest BCUT2D eigenvalue weighted by Gasteiger charge is -2.10. The highest BCUT2D eigenvalue weighted by molar-refractivity contribution is 7.84. The first-order valence-corrected chi connectivity index (χ1v) is 6.95. The minimum absolute atomic E-state index is 0.0166. The van der Waals surface area contributed by atoms with E-state index in [2.05, 4.69) is 10.6 Å². The summed E-state index contributed by atoms with van der Waals surface area (Å²) in [4.78, 5) is 22.1. The third-order valence-corrected chi connectivity index (χ3v) is 3.57. The summed E-state index contributed by atoms with van der Waals surface area (Å²) < 4.78 is 11.0. The highest BCUT2D eigenvalue weighted by atomic mass is 35.5. The summed E-state index contributed by atoms with van der Waals surface area (Å²) in [5.41, 5.74) is 0. The van der Waals surface area contributed by atoms with E-state index in [4.69, 9.17) is 11.6 Å². The van der Waals surface area contributed by atoms with Crippen molar-refractivity contribution in [3.8, 4) is 0 Å². The second-order valence-electron chi connectivity index (χ2n) is 3.46. The van der Waals surface area contributed by atoms with Gasteiger partial charge in [0, 0.05) is 28.9 Å². The van der Waals surface area contributed by atoms with Crippen LogP contribution in [0.25, 0.3) is 0 Å². The van der Waals surface area contributed by atoms with E-state index in [1.54, 1.807) is 6.26 Å². The van der Waals surface area contributed by atoms with Crippen LogP contribution in [0.1, 0.15) is 20.3 Å². The molecule has 0 aliphatic heterocycles.